The molecule has 4 heteroatoms. The minimum Gasteiger partial charge on any atom is -0.312 e. The summed E-state index contributed by atoms with van der Waals surface area (Å²) in [5.41, 5.74) is 2.17. The number of nitrogens with zero attached hydrogens (tertiary/aromatic N) is 2. The summed E-state index contributed by atoms with van der Waals surface area (Å²) in [5.74, 6) is 0.676. The maximum absolute atomic E-state index is 4.46. The topological polar surface area (TPSA) is 37.8 Å². The minimum absolute atomic E-state index is 0.676. The molecule has 2 aromatic rings. The zero-order valence-corrected chi connectivity index (χ0v) is 11.9. The van der Waals surface area contributed by atoms with Crippen LogP contribution in [0, 0.1) is 12.8 Å². The molecule has 0 fully saturated rings. The highest BCUT2D eigenvalue weighted by Gasteiger charge is 2.08. The van der Waals surface area contributed by atoms with Crippen LogP contribution in [0.2, 0.25) is 0 Å². The van der Waals surface area contributed by atoms with Crippen molar-refractivity contribution in [3.63, 3.8) is 0 Å². The summed E-state index contributed by atoms with van der Waals surface area (Å²) in [6.07, 6.45) is 3.77. The summed E-state index contributed by atoms with van der Waals surface area (Å²) >= 11 is 1.72. The van der Waals surface area contributed by atoms with Crippen LogP contribution in [0.15, 0.2) is 24.5 Å². The van der Waals surface area contributed by atoms with E-state index in [9.17, 15) is 0 Å². The molecule has 0 aromatic carbocycles. The molecular formula is C14H19N3S. The third-order valence-corrected chi connectivity index (χ3v) is 3.62. The Morgan fingerprint density at radius 1 is 1.33 bits per heavy atom. The highest BCUT2D eigenvalue weighted by Crippen LogP contribution is 2.25. The van der Waals surface area contributed by atoms with E-state index in [1.807, 2.05) is 18.5 Å². The van der Waals surface area contributed by atoms with Gasteiger partial charge in [-0.2, -0.15) is 0 Å². The SMILES string of the molecule is Cc1cccnc1-c1ncc(CNCC(C)C)s1. The van der Waals surface area contributed by atoms with Crippen LogP contribution < -0.4 is 5.32 Å². The van der Waals surface area contributed by atoms with Crippen molar-refractivity contribution in [2.75, 3.05) is 6.54 Å². The highest BCUT2D eigenvalue weighted by atomic mass is 32.1. The van der Waals surface area contributed by atoms with Crippen LogP contribution in [0.3, 0.4) is 0 Å². The summed E-state index contributed by atoms with van der Waals surface area (Å²) in [6.45, 7) is 8.42. The molecule has 2 heterocycles. The monoisotopic (exact) mass is 261 g/mol. The average molecular weight is 261 g/mol. The van der Waals surface area contributed by atoms with Crippen LogP contribution in [0.1, 0.15) is 24.3 Å². The summed E-state index contributed by atoms with van der Waals surface area (Å²) in [4.78, 5) is 10.1. The third-order valence-electron chi connectivity index (χ3n) is 2.62. The van der Waals surface area contributed by atoms with Gasteiger partial charge in [-0.1, -0.05) is 19.9 Å². The Kier molecular flexibility index (Phi) is 4.44. The lowest BCUT2D eigenvalue weighted by molar-refractivity contribution is 0.554. The van der Waals surface area contributed by atoms with Gasteiger partial charge in [-0.3, -0.25) is 4.98 Å². The second-order valence-electron chi connectivity index (χ2n) is 4.83. The fourth-order valence-electron chi connectivity index (χ4n) is 1.69. The molecule has 18 heavy (non-hydrogen) atoms. The maximum Gasteiger partial charge on any atom is 0.142 e. The van der Waals surface area contributed by atoms with Crippen molar-refractivity contribution in [2.24, 2.45) is 5.92 Å². The van der Waals surface area contributed by atoms with E-state index in [-0.39, 0.29) is 0 Å². The summed E-state index contributed by atoms with van der Waals surface area (Å²) in [7, 11) is 0. The van der Waals surface area contributed by atoms with E-state index in [0.717, 1.165) is 23.8 Å². The smallest absolute Gasteiger partial charge is 0.142 e. The number of thiazole rings is 1. The predicted molar refractivity (Wildman–Crippen MR) is 76.6 cm³/mol. The number of nitrogens with one attached hydrogen (secondary N) is 1. The molecule has 0 unspecified atom stereocenters. The Labute approximate surface area is 112 Å². The predicted octanol–water partition coefficient (Wildman–Crippen LogP) is 3.26. The first-order valence-corrected chi connectivity index (χ1v) is 7.06. The lowest BCUT2D eigenvalue weighted by Gasteiger charge is -2.04. The van der Waals surface area contributed by atoms with Gasteiger partial charge in [0.15, 0.2) is 0 Å². The third kappa shape index (κ3) is 3.37. The van der Waals surface area contributed by atoms with Gasteiger partial charge >= 0.3 is 0 Å². The first-order chi connectivity index (χ1) is 8.66. The van der Waals surface area contributed by atoms with E-state index in [0.29, 0.717) is 5.92 Å². The molecule has 1 N–H and O–H groups in total. The first kappa shape index (κ1) is 13.2. The highest BCUT2D eigenvalue weighted by molar-refractivity contribution is 7.15. The fourth-order valence-corrected chi connectivity index (χ4v) is 2.64. The number of aryl methyl sites for hydroxylation is 1. The van der Waals surface area contributed by atoms with Gasteiger partial charge < -0.3 is 5.32 Å². The van der Waals surface area contributed by atoms with E-state index < -0.39 is 0 Å². The molecule has 0 aliphatic heterocycles. The summed E-state index contributed by atoms with van der Waals surface area (Å²) in [6, 6.07) is 4.03. The Balaban J connectivity index is 2.04. The van der Waals surface area contributed by atoms with Crippen LogP contribution in [0.4, 0.5) is 0 Å². The lowest BCUT2D eigenvalue weighted by atomic mass is 10.2. The Morgan fingerprint density at radius 3 is 2.89 bits per heavy atom. The summed E-state index contributed by atoms with van der Waals surface area (Å²) < 4.78 is 0. The maximum atomic E-state index is 4.46. The number of rotatable bonds is 5. The molecule has 2 rings (SSSR count). The van der Waals surface area contributed by atoms with Crippen LogP contribution in [-0.4, -0.2) is 16.5 Å². The number of aromatic nitrogens is 2. The lowest BCUT2D eigenvalue weighted by Crippen LogP contribution is -2.18. The second-order valence-corrected chi connectivity index (χ2v) is 5.94. The van der Waals surface area contributed by atoms with Crippen molar-refractivity contribution in [1.29, 1.82) is 0 Å². The summed E-state index contributed by atoms with van der Waals surface area (Å²) in [5, 5.41) is 4.44. The fraction of sp³-hybridized carbons (Fsp3) is 0.429. The van der Waals surface area contributed by atoms with Crippen molar-refractivity contribution in [3.05, 3.63) is 35.0 Å². The molecule has 96 valence electrons. The molecular weight excluding hydrogens is 242 g/mol. The van der Waals surface area contributed by atoms with Crippen LogP contribution in [0.5, 0.6) is 0 Å². The van der Waals surface area contributed by atoms with E-state index in [1.54, 1.807) is 11.3 Å². The van der Waals surface area contributed by atoms with Crippen molar-refractivity contribution in [1.82, 2.24) is 15.3 Å². The van der Waals surface area contributed by atoms with Crippen molar-refractivity contribution in [2.45, 2.75) is 27.3 Å². The minimum atomic E-state index is 0.676. The Bertz CT molecular complexity index is 505. The number of hydrogen-bond donors (Lipinski definition) is 1. The number of hydrogen-bond acceptors (Lipinski definition) is 4. The molecule has 0 saturated heterocycles. The van der Waals surface area contributed by atoms with Gasteiger partial charge in [-0.15, -0.1) is 11.3 Å². The van der Waals surface area contributed by atoms with Crippen LogP contribution >= 0.6 is 11.3 Å². The van der Waals surface area contributed by atoms with Gasteiger partial charge in [-0.25, -0.2) is 4.98 Å². The standard InChI is InChI=1S/C14H19N3S/c1-10(2)7-15-8-12-9-17-14(18-12)13-11(3)5-4-6-16-13/h4-6,9-10,15H,7-8H2,1-3H3. The molecule has 0 amide bonds. The van der Waals surface area contributed by atoms with Gasteiger partial charge in [0.25, 0.3) is 0 Å². The van der Waals surface area contributed by atoms with Crippen LogP contribution in [-0.2, 0) is 6.54 Å². The molecule has 3 nitrogen and oxygen atoms in total. The molecule has 2 aromatic heterocycles. The zero-order chi connectivity index (χ0) is 13.0. The largest absolute Gasteiger partial charge is 0.312 e. The van der Waals surface area contributed by atoms with Gasteiger partial charge in [0.2, 0.25) is 0 Å². The van der Waals surface area contributed by atoms with Crippen molar-refractivity contribution in [3.8, 4) is 10.7 Å². The molecule has 0 radical (unpaired) electrons. The number of pyridine rings is 1. The first-order valence-electron chi connectivity index (χ1n) is 6.24. The van der Waals surface area contributed by atoms with Crippen LogP contribution in [0.25, 0.3) is 10.7 Å². The van der Waals surface area contributed by atoms with Gasteiger partial charge in [-0.05, 0) is 31.0 Å². The molecule has 0 bridgehead atoms. The molecule has 0 atom stereocenters. The van der Waals surface area contributed by atoms with Gasteiger partial charge in [0.1, 0.15) is 10.7 Å². The van der Waals surface area contributed by atoms with E-state index in [4.69, 9.17) is 0 Å². The Morgan fingerprint density at radius 2 is 2.17 bits per heavy atom. The van der Waals surface area contributed by atoms with Gasteiger partial charge in [0, 0.05) is 23.8 Å². The van der Waals surface area contributed by atoms with E-state index in [2.05, 4.69) is 42.1 Å². The van der Waals surface area contributed by atoms with E-state index >= 15 is 0 Å². The van der Waals surface area contributed by atoms with E-state index in [1.165, 1.54) is 10.4 Å². The second kappa shape index (κ2) is 6.07. The zero-order valence-electron chi connectivity index (χ0n) is 11.1. The van der Waals surface area contributed by atoms with Crippen molar-refractivity contribution < 1.29 is 0 Å². The molecule has 0 aliphatic carbocycles. The molecule has 0 spiro atoms. The average Bonchev–Trinajstić information content (AvgIpc) is 2.78. The quantitative estimate of drug-likeness (QED) is 0.897. The molecule has 0 aliphatic rings. The normalized spacial score (nSPS) is 11.1. The Hall–Kier alpha value is -1.26. The van der Waals surface area contributed by atoms with Gasteiger partial charge in [0.05, 0.1) is 0 Å². The van der Waals surface area contributed by atoms with Crippen molar-refractivity contribution >= 4 is 11.3 Å². The molecule has 0 saturated carbocycles.